The fraction of sp³-hybridized carbons (Fsp3) is 0.125. The summed E-state index contributed by atoms with van der Waals surface area (Å²) in [5.41, 5.74) is 3.62. The minimum atomic E-state index is -0.361. The van der Waals surface area contributed by atoms with Gasteiger partial charge in [-0.25, -0.2) is 9.82 Å². The molecule has 2 aromatic rings. The summed E-state index contributed by atoms with van der Waals surface area (Å²) in [6, 6.07) is 8.87. The Morgan fingerprint density at radius 3 is 2.75 bits per heavy atom. The van der Waals surface area contributed by atoms with Crippen molar-refractivity contribution in [3.05, 3.63) is 52.3 Å². The third-order valence-electron chi connectivity index (χ3n) is 2.97. The molecule has 0 spiro atoms. The van der Waals surface area contributed by atoms with Gasteiger partial charge in [0.2, 0.25) is 0 Å². The fourth-order valence-corrected chi connectivity index (χ4v) is 2.25. The predicted molar refractivity (Wildman–Crippen MR) is 93.0 cm³/mol. The average molecular weight is 396 g/mol. The zero-order valence-electron chi connectivity index (χ0n) is 12.7. The summed E-state index contributed by atoms with van der Waals surface area (Å²) in [7, 11) is 1.44. The summed E-state index contributed by atoms with van der Waals surface area (Å²) >= 11 is 3.20. The lowest BCUT2D eigenvalue weighted by atomic mass is 10.2. The second-order valence-electron chi connectivity index (χ2n) is 4.71. The first-order valence-corrected chi connectivity index (χ1v) is 7.66. The van der Waals surface area contributed by atoms with Crippen LogP contribution in [-0.4, -0.2) is 30.9 Å². The van der Waals surface area contributed by atoms with Gasteiger partial charge in [0.05, 0.1) is 24.3 Å². The van der Waals surface area contributed by atoms with Crippen LogP contribution in [0.2, 0.25) is 0 Å². The number of phenolic OH excluding ortho intramolecular Hbond substituents is 1. The van der Waals surface area contributed by atoms with Gasteiger partial charge in [-0.2, -0.15) is 5.10 Å². The van der Waals surface area contributed by atoms with Crippen molar-refractivity contribution >= 4 is 33.7 Å². The van der Waals surface area contributed by atoms with Crippen LogP contribution in [-0.2, 0) is 4.79 Å². The summed E-state index contributed by atoms with van der Waals surface area (Å²) in [4.78, 5) is 11.7. The molecule has 8 heteroatoms. The highest BCUT2D eigenvalue weighted by atomic mass is 79.9. The van der Waals surface area contributed by atoms with Crippen molar-refractivity contribution < 1.29 is 19.0 Å². The number of aromatic hydroxyl groups is 1. The molecule has 0 aliphatic heterocycles. The Hall–Kier alpha value is -2.61. The van der Waals surface area contributed by atoms with E-state index in [1.54, 1.807) is 12.1 Å². The van der Waals surface area contributed by atoms with Crippen LogP contribution in [0.4, 0.5) is 10.1 Å². The first kappa shape index (κ1) is 17.7. The van der Waals surface area contributed by atoms with E-state index in [2.05, 4.69) is 31.8 Å². The molecule has 1 amide bonds. The normalized spacial score (nSPS) is 10.6. The Bertz CT molecular complexity index is 751. The molecule has 0 aliphatic carbocycles. The molecule has 0 aliphatic rings. The van der Waals surface area contributed by atoms with Crippen LogP contribution >= 0.6 is 15.9 Å². The molecule has 0 saturated heterocycles. The van der Waals surface area contributed by atoms with Gasteiger partial charge in [0.15, 0.2) is 11.5 Å². The van der Waals surface area contributed by atoms with Gasteiger partial charge in [0, 0.05) is 5.69 Å². The molecule has 0 bridgehead atoms. The van der Waals surface area contributed by atoms with Crippen LogP contribution in [0.5, 0.6) is 11.5 Å². The summed E-state index contributed by atoms with van der Waals surface area (Å²) in [5.74, 6) is -0.428. The minimum absolute atomic E-state index is 0.00837. The van der Waals surface area contributed by atoms with E-state index in [9.17, 15) is 14.3 Å². The molecule has 0 fully saturated rings. The number of rotatable bonds is 6. The third kappa shape index (κ3) is 4.95. The largest absolute Gasteiger partial charge is 0.503 e. The molecule has 0 atom stereocenters. The number of hydrogen-bond acceptors (Lipinski definition) is 5. The maximum Gasteiger partial charge on any atom is 0.259 e. The molecule has 0 heterocycles. The predicted octanol–water partition coefficient (Wildman–Crippen LogP) is 2.86. The maximum absolute atomic E-state index is 12.8. The van der Waals surface area contributed by atoms with Crippen LogP contribution in [0.3, 0.4) is 0 Å². The number of benzene rings is 2. The van der Waals surface area contributed by atoms with Gasteiger partial charge >= 0.3 is 0 Å². The number of nitrogens with zero attached hydrogens (tertiary/aromatic N) is 1. The lowest BCUT2D eigenvalue weighted by Gasteiger charge is -2.06. The monoisotopic (exact) mass is 395 g/mol. The zero-order chi connectivity index (χ0) is 17.5. The average Bonchev–Trinajstić information content (AvgIpc) is 2.57. The van der Waals surface area contributed by atoms with Crippen molar-refractivity contribution in [2.24, 2.45) is 5.10 Å². The second-order valence-corrected chi connectivity index (χ2v) is 5.56. The van der Waals surface area contributed by atoms with Crippen molar-refractivity contribution in [3.8, 4) is 11.5 Å². The number of hydrazone groups is 1. The van der Waals surface area contributed by atoms with E-state index < -0.39 is 0 Å². The van der Waals surface area contributed by atoms with Gasteiger partial charge in [-0.3, -0.25) is 4.79 Å². The van der Waals surface area contributed by atoms with E-state index in [1.165, 1.54) is 37.6 Å². The Balaban J connectivity index is 1.88. The van der Waals surface area contributed by atoms with Gasteiger partial charge in [0.25, 0.3) is 5.91 Å². The topological polar surface area (TPSA) is 83.0 Å². The Labute approximate surface area is 146 Å². The van der Waals surface area contributed by atoms with Gasteiger partial charge in [-0.05, 0) is 57.9 Å². The van der Waals surface area contributed by atoms with Gasteiger partial charge < -0.3 is 15.2 Å². The fourth-order valence-electron chi connectivity index (χ4n) is 1.79. The van der Waals surface area contributed by atoms with Crippen molar-refractivity contribution in [1.29, 1.82) is 0 Å². The molecule has 0 radical (unpaired) electrons. The minimum Gasteiger partial charge on any atom is -0.503 e. The van der Waals surface area contributed by atoms with E-state index in [0.29, 0.717) is 15.7 Å². The summed E-state index contributed by atoms with van der Waals surface area (Å²) in [6.45, 7) is -0.00837. The number of carbonyl (C=O) groups excluding carboxylic acids is 1. The van der Waals surface area contributed by atoms with Crippen LogP contribution in [0.1, 0.15) is 5.56 Å². The van der Waals surface area contributed by atoms with Crippen molar-refractivity contribution in [2.75, 3.05) is 19.0 Å². The highest BCUT2D eigenvalue weighted by Crippen LogP contribution is 2.34. The van der Waals surface area contributed by atoms with E-state index in [-0.39, 0.29) is 29.8 Å². The van der Waals surface area contributed by atoms with Gasteiger partial charge in [0.1, 0.15) is 5.82 Å². The number of carbonyl (C=O) groups is 1. The molecule has 3 N–H and O–H groups in total. The van der Waals surface area contributed by atoms with Crippen molar-refractivity contribution in [3.63, 3.8) is 0 Å². The Kier molecular flexibility index (Phi) is 6.14. The number of anilines is 1. The molecule has 0 aromatic heterocycles. The number of amides is 1. The van der Waals surface area contributed by atoms with E-state index in [4.69, 9.17) is 4.74 Å². The summed E-state index contributed by atoms with van der Waals surface area (Å²) < 4.78 is 18.2. The molecule has 24 heavy (non-hydrogen) atoms. The van der Waals surface area contributed by atoms with E-state index in [0.717, 1.165) is 0 Å². The molecule has 2 rings (SSSR count). The number of hydrogen-bond donors (Lipinski definition) is 3. The van der Waals surface area contributed by atoms with Crippen LogP contribution < -0.4 is 15.5 Å². The number of halogens is 2. The third-order valence-corrected chi connectivity index (χ3v) is 3.58. The second kappa shape index (κ2) is 8.30. The van der Waals surface area contributed by atoms with Crippen LogP contribution in [0.25, 0.3) is 0 Å². The van der Waals surface area contributed by atoms with Gasteiger partial charge in [-0.1, -0.05) is 0 Å². The lowest BCUT2D eigenvalue weighted by Crippen LogP contribution is -2.25. The summed E-state index contributed by atoms with van der Waals surface area (Å²) in [6.07, 6.45) is 1.42. The quantitative estimate of drug-likeness (QED) is 0.518. The molecular formula is C16H15BrFN3O3. The molecule has 2 aromatic carbocycles. The van der Waals surface area contributed by atoms with Crippen molar-refractivity contribution in [2.45, 2.75) is 0 Å². The van der Waals surface area contributed by atoms with E-state index in [1.807, 2.05) is 0 Å². The SMILES string of the molecule is COc1cc(/C=N\NC(=O)CNc2ccc(F)cc2)cc(Br)c1O. The first-order valence-electron chi connectivity index (χ1n) is 6.87. The Morgan fingerprint density at radius 1 is 1.38 bits per heavy atom. The molecule has 6 nitrogen and oxygen atoms in total. The molecule has 0 saturated carbocycles. The zero-order valence-corrected chi connectivity index (χ0v) is 14.3. The standard InChI is InChI=1S/C16H15BrFN3O3/c1-24-14-7-10(6-13(17)16(14)23)8-20-21-15(22)9-19-12-4-2-11(18)3-5-12/h2-8,19,23H,9H2,1H3,(H,21,22)/b20-8-. The molecule has 0 unspecified atom stereocenters. The summed E-state index contributed by atoms with van der Waals surface area (Å²) in [5, 5.41) is 16.4. The smallest absolute Gasteiger partial charge is 0.259 e. The van der Waals surface area contributed by atoms with Crippen molar-refractivity contribution in [1.82, 2.24) is 5.43 Å². The van der Waals surface area contributed by atoms with E-state index >= 15 is 0 Å². The number of ether oxygens (including phenoxy) is 1. The van der Waals surface area contributed by atoms with Crippen LogP contribution in [0.15, 0.2) is 46.0 Å². The maximum atomic E-state index is 12.8. The Morgan fingerprint density at radius 2 is 2.08 bits per heavy atom. The lowest BCUT2D eigenvalue weighted by molar-refractivity contribution is -0.119. The van der Waals surface area contributed by atoms with Crippen LogP contribution in [0, 0.1) is 5.82 Å². The highest BCUT2D eigenvalue weighted by molar-refractivity contribution is 9.10. The van der Waals surface area contributed by atoms with Gasteiger partial charge in [-0.15, -0.1) is 0 Å². The first-order chi connectivity index (χ1) is 11.5. The number of phenols is 1. The highest BCUT2D eigenvalue weighted by Gasteiger charge is 2.07. The number of methoxy groups -OCH3 is 1. The molecule has 126 valence electrons. The molecular weight excluding hydrogens is 381 g/mol. The number of nitrogens with one attached hydrogen (secondary N) is 2.